The van der Waals surface area contributed by atoms with Crippen LogP contribution in [0.4, 0.5) is 0 Å². The van der Waals surface area contributed by atoms with Crippen LogP contribution in [0.15, 0.2) is 12.3 Å². The molecule has 1 atom stereocenters. The predicted molar refractivity (Wildman–Crippen MR) is 58.6 cm³/mol. The maximum absolute atomic E-state index is 10.4. The summed E-state index contributed by atoms with van der Waals surface area (Å²) in [7, 11) is 3.96. The van der Waals surface area contributed by atoms with E-state index in [2.05, 4.69) is 17.0 Å². The highest BCUT2D eigenvalue weighted by Crippen LogP contribution is 2.23. The van der Waals surface area contributed by atoms with Crippen LogP contribution in [0.25, 0.3) is 0 Å². The molecule has 4 nitrogen and oxygen atoms in total. The number of aromatic nitrogens is 2. The molecule has 1 aliphatic heterocycles. The SMILES string of the molecule is CN1CCCC(O)(Cc2ccn(C)n2)C1. The molecule has 0 aromatic carbocycles. The number of hydrogen-bond donors (Lipinski definition) is 1. The average molecular weight is 209 g/mol. The fraction of sp³-hybridized carbons (Fsp3) is 0.727. The summed E-state index contributed by atoms with van der Waals surface area (Å²) in [6, 6.07) is 1.98. The molecular weight excluding hydrogens is 190 g/mol. The van der Waals surface area contributed by atoms with E-state index >= 15 is 0 Å². The fourth-order valence-corrected chi connectivity index (χ4v) is 2.38. The van der Waals surface area contributed by atoms with Gasteiger partial charge in [-0.15, -0.1) is 0 Å². The summed E-state index contributed by atoms with van der Waals surface area (Å²) in [6.45, 7) is 1.84. The Morgan fingerprint density at radius 1 is 1.53 bits per heavy atom. The monoisotopic (exact) mass is 209 g/mol. The van der Waals surface area contributed by atoms with E-state index in [1.807, 2.05) is 19.3 Å². The molecule has 2 rings (SSSR count). The largest absolute Gasteiger partial charge is 0.388 e. The Bertz CT molecular complexity index is 336. The number of likely N-dealkylation sites (tertiary alicyclic amines) is 1. The quantitative estimate of drug-likeness (QED) is 0.767. The highest BCUT2D eigenvalue weighted by atomic mass is 16.3. The molecule has 15 heavy (non-hydrogen) atoms. The molecule has 4 heteroatoms. The minimum Gasteiger partial charge on any atom is -0.388 e. The molecule has 1 N–H and O–H groups in total. The number of rotatable bonds is 2. The van der Waals surface area contributed by atoms with E-state index in [9.17, 15) is 5.11 Å². The van der Waals surface area contributed by atoms with Gasteiger partial charge in [-0.1, -0.05) is 0 Å². The van der Waals surface area contributed by atoms with Crippen LogP contribution < -0.4 is 0 Å². The topological polar surface area (TPSA) is 41.3 Å². The van der Waals surface area contributed by atoms with E-state index in [0.29, 0.717) is 6.42 Å². The number of aryl methyl sites for hydroxylation is 1. The van der Waals surface area contributed by atoms with Crippen LogP contribution in [-0.2, 0) is 13.5 Å². The number of aliphatic hydroxyl groups is 1. The third-order valence-corrected chi connectivity index (χ3v) is 3.03. The molecule has 0 spiro atoms. The maximum atomic E-state index is 10.4. The van der Waals surface area contributed by atoms with Gasteiger partial charge in [0.05, 0.1) is 11.3 Å². The van der Waals surface area contributed by atoms with Crippen molar-refractivity contribution in [2.24, 2.45) is 7.05 Å². The number of piperidine rings is 1. The zero-order valence-corrected chi connectivity index (χ0v) is 9.48. The lowest BCUT2D eigenvalue weighted by atomic mass is 9.89. The van der Waals surface area contributed by atoms with Gasteiger partial charge < -0.3 is 10.0 Å². The summed E-state index contributed by atoms with van der Waals surface area (Å²) in [4.78, 5) is 2.19. The van der Waals surface area contributed by atoms with Crippen molar-refractivity contribution in [3.63, 3.8) is 0 Å². The number of β-amino-alcohol motifs (C(OH)–C–C–N with tert-alkyl or cyclic N) is 1. The van der Waals surface area contributed by atoms with Crippen molar-refractivity contribution in [2.75, 3.05) is 20.1 Å². The van der Waals surface area contributed by atoms with Crippen LogP contribution >= 0.6 is 0 Å². The summed E-state index contributed by atoms with van der Waals surface area (Å²) < 4.78 is 1.78. The van der Waals surface area contributed by atoms with Crippen molar-refractivity contribution < 1.29 is 5.11 Å². The number of hydrogen-bond acceptors (Lipinski definition) is 3. The van der Waals surface area contributed by atoms with E-state index in [4.69, 9.17) is 0 Å². The Morgan fingerprint density at radius 2 is 2.33 bits per heavy atom. The van der Waals surface area contributed by atoms with Crippen molar-refractivity contribution in [1.82, 2.24) is 14.7 Å². The highest BCUT2D eigenvalue weighted by molar-refractivity contribution is 5.05. The molecule has 0 amide bonds. The second-order valence-corrected chi connectivity index (χ2v) is 4.72. The summed E-state index contributed by atoms with van der Waals surface area (Å²) in [5, 5.41) is 14.7. The lowest BCUT2D eigenvalue weighted by molar-refractivity contribution is -0.0231. The Kier molecular flexibility index (Phi) is 2.80. The molecule has 1 saturated heterocycles. The van der Waals surface area contributed by atoms with Gasteiger partial charge in [0.2, 0.25) is 0 Å². The van der Waals surface area contributed by atoms with E-state index < -0.39 is 5.60 Å². The molecule has 84 valence electrons. The van der Waals surface area contributed by atoms with Crippen LogP contribution in [0, 0.1) is 0 Å². The molecular formula is C11H19N3O. The van der Waals surface area contributed by atoms with E-state index in [1.54, 1.807) is 4.68 Å². The van der Waals surface area contributed by atoms with Crippen molar-refractivity contribution >= 4 is 0 Å². The second kappa shape index (κ2) is 3.94. The molecule has 0 bridgehead atoms. The molecule has 1 aromatic rings. The smallest absolute Gasteiger partial charge is 0.0830 e. The number of likely N-dealkylation sites (N-methyl/N-ethyl adjacent to an activating group) is 1. The Hall–Kier alpha value is -0.870. The molecule has 1 fully saturated rings. The third kappa shape index (κ3) is 2.58. The van der Waals surface area contributed by atoms with Crippen molar-refractivity contribution in [3.05, 3.63) is 18.0 Å². The Labute approximate surface area is 90.5 Å². The first-order chi connectivity index (χ1) is 7.07. The van der Waals surface area contributed by atoms with Crippen LogP contribution in [0.2, 0.25) is 0 Å². The van der Waals surface area contributed by atoms with Crippen LogP contribution in [-0.4, -0.2) is 45.5 Å². The lowest BCUT2D eigenvalue weighted by Crippen LogP contribution is -2.47. The van der Waals surface area contributed by atoms with Crippen molar-refractivity contribution in [1.29, 1.82) is 0 Å². The minimum atomic E-state index is -0.582. The van der Waals surface area contributed by atoms with E-state index in [0.717, 1.165) is 31.6 Å². The van der Waals surface area contributed by atoms with Gasteiger partial charge in [0.1, 0.15) is 0 Å². The van der Waals surface area contributed by atoms with Crippen LogP contribution in [0.5, 0.6) is 0 Å². The van der Waals surface area contributed by atoms with E-state index in [-0.39, 0.29) is 0 Å². The van der Waals surface area contributed by atoms with Crippen molar-refractivity contribution in [3.8, 4) is 0 Å². The first-order valence-electron chi connectivity index (χ1n) is 5.47. The molecule has 1 unspecified atom stereocenters. The first-order valence-corrected chi connectivity index (χ1v) is 5.47. The molecule has 0 saturated carbocycles. The second-order valence-electron chi connectivity index (χ2n) is 4.72. The minimum absolute atomic E-state index is 0.582. The van der Waals surface area contributed by atoms with Gasteiger partial charge >= 0.3 is 0 Å². The van der Waals surface area contributed by atoms with Gasteiger partial charge in [0, 0.05) is 26.2 Å². The fourth-order valence-electron chi connectivity index (χ4n) is 2.38. The summed E-state index contributed by atoms with van der Waals surface area (Å²) in [5.74, 6) is 0. The highest BCUT2D eigenvalue weighted by Gasteiger charge is 2.32. The van der Waals surface area contributed by atoms with Gasteiger partial charge in [-0.2, -0.15) is 5.10 Å². The molecule has 2 heterocycles. The van der Waals surface area contributed by atoms with E-state index in [1.165, 1.54) is 0 Å². The standard InChI is InChI=1S/C11H19N3O/c1-13-6-3-5-11(15,9-13)8-10-4-7-14(2)12-10/h4,7,15H,3,5-6,8-9H2,1-2H3. The zero-order chi connectivity index (χ0) is 10.9. The van der Waals surface area contributed by atoms with Gasteiger partial charge in [-0.25, -0.2) is 0 Å². The predicted octanol–water partition coefficient (Wildman–Crippen LogP) is 0.419. The Balaban J connectivity index is 2.03. The van der Waals surface area contributed by atoms with Crippen LogP contribution in [0.3, 0.4) is 0 Å². The summed E-state index contributed by atoms with van der Waals surface area (Å²) in [6.07, 6.45) is 4.54. The first kappa shape index (κ1) is 10.6. The third-order valence-electron chi connectivity index (χ3n) is 3.03. The maximum Gasteiger partial charge on any atom is 0.0830 e. The van der Waals surface area contributed by atoms with Crippen molar-refractivity contribution in [2.45, 2.75) is 24.9 Å². The molecule has 0 aliphatic carbocycles. The van der Waals surface area contributed by atoms with Gasteiger partial charge in [0.15, 0.2) is 0 Å². The normalized spacial score (nSPS) is 28.2. The average Bonchev–Trinajstić information content (AvgIpc) is 2.49. The summed E-state index contributed by atoms with van der Waals surface area (Å²) >= 11 is 0. The summed E-state index contributed by atoms with van der Waals surface area (Å²) in [5.41, 5.74) is 0.400. The van der Waals surface area contributed by atoms with Gasteiger partial charge in [0.25, 0.3) is 0 Å². The Morgan fingerprint density at radius 3 is 2.93 bits per heavy atom. The van der Waals surface area contributed by atoms with Gasteiger partial charge in [-0.05, 0) is 32.5 Å². The zero-order valence-electron chi connectivity index (χ0n) is 9.48. The van der Waals surface area contributed by atoms with Gasteiger partial charge in [-0.3, -0.25) is 4.68 Å². The molecule has 0 radical (unpaired) electrons. The van der Waals surface area contributed by atoms with Crippen LogP contribution in [0.1, 0.15) is 18.5 Å². The molecule has 1 aromatic heterocycles. The molecule has 1 aliphatic rings. The number of nitrogens with zero attached hydrogens (tertiary/aromatic N) is 3. The lowest BCUT2D eigenvalue weighted by Gasteiger charge is -2.37.